The normalized spacial score (nSPS) is 17.6. The van der Waals surface area contributed by atoms with Crippen LogP contribution in [0.4, 0.5) is 11.4 Å². The van der Waals surface area contributed by atoms with Gasteiger partial charge in [-0.05, 0) is 17.8 Å². The van der Waals surface area contributed by atoms with Crippen molar-refractivity contribution in [3.05, 3.63) is 33.9 Å². The van der Waals surface area contributed by atoms with Gasteiger partial charge >= 0.3 is 10.2 Å². The fourth-order valence-electron chi connectivity index (χ4n) is 2.24. The van der Waals surface area contributed by atoms with E-state index < -0.39 is 23.2 Å². The van der Waals surface area contributed by atoms with E-state index in [1.54, 1.807) is 6.07 Å². The first-order chi connectivity index (χ1) is 11.0. The lowest BCUT2D eigenvalue weighted by Crippen LogP contribution is -2.45. The Balaban J connectivity index is 2.33. The molecule has 0 saturated heterocycles. The smallest absolute Gasteiger partial charge is 0.320 e. The monoisotopic (exact) mass is 393 g/mol. The quantitative estimate of drug-likeness (QED) is 0.243. The van der Waals surface area contributed by atoms with Crippen molar-refractivity contribution < 1.29 is 18.1 Å². The molecule has 0 N–H and O–H groups in total. The molecule has 0 fully saturated rings. The minimum Gasteiger partial charge on any atom is -0.360 e. The van der Waals surface area contributed by atoms with E-state index in [9.17, 15) is 18.5 Å². The summed E-state index contributed by atoms with van der Waals surface area (Å²) in [4.78, 5) is 10.7. The first kappa shape index (κ1) is 19.1. The van der Waals surface area contributed by atoms with Crippen molar-refractivity contribution in [2.75, 3.05) is 17.6 Å². The molecule has 0 radical (unpaired) electrons. The molecule has 0 saturated carbocycles. The Morgan fingerprint density at radius 2 is 2.04 bits per heavy atom. The third-order valence-electron chi connectivity index (χ3n) is 3.57. The lowest BCUT2D eigenvalue weighted by atomic mass is 10.1. The number of nitro benzene ring substituents is 1. The van der Waals surface area contributed by atoms with Gasteiger partial charge in [0, 0.05) is 26.3 Å². The van der Waals surface area contributed by atoms with Crippen molar-refractivity contribution in [1.29, 1.82) is 0 Å². The van der Waals surface area contributed by atoms with Gasteiger partial charge in [-0.1, -0.05) is 35.6 Å². The fourth-order valence-corrected chi connectivity index (χ4v) is 4.51. The Bertz CT molecular complexity index is 738. The zero-order valence-corrected chi connectivity index (χ0v) is 16.3. The zero-order chi connectivity index (χ0) is 18.1. The number of para-hydroxylation sites is 1. The molecule has 0 bridgehead atoms. The van der Waals surface area contributed by atoms with Crippen LogP contribution in [0.3, 0.4) is 0 Å². The molecule has 1 aliphatic rings. The van der Waals surface area contributed by atoms with E-state index >= 15 is 0 Å². The van der Waals surface area contributed by atoms with E-state index in [-0.39, 0.29) is 24.7 Å². The van der Waals surface area contributed by atoms with Crippen LogP contribution < -0.4 is 4.31 Å². The van der Waals surface area contributed by atoms with Gasteiger partial charge in [-0.15, -0.1) is 0 Å². The van der Waals surface area contributed by atoms with Crippen molar-refractivity contribution in [2.24, 2.45) is 0 Å². The van der Waals surface area contributed by atoms with Crippen molar-refractivity contribution in [1.82, 2.24) is 3.82 Å². The largest absolute Gasteiger partial charge is 0.360 e. The van der Waals surface area contributed by atoms with Gasteiger partial charge in [-0.2, -0.15) is 8.42 Å². The van der Waals surface area contributed by atoms with Gasteiger partial charge in [-0.3, -0.25) is 10.1 Å². The van der Waals surface area contributed by atoms with Gasteiger partial charge in [0.1, 0.15) is 12.4 Å². The molecule has 1 aromatic rings. The van der Waals surface area contributed by atoms with Crippen LogP contribution >= 0.6 is 11.8 Å². The number of benzene rings is 1. The van der Waals surface area contributed by atoms with Crippen LogP contribution in [0.2, 0.25) is 25.7 Å². The van der Waals surface area contributed by atoms with Crippen LogP contribution in [-0.4, -0.2) is 38.6 Å². The summed E-state index contributed by atoms with van der Waals surface area (Å²) in [6.45, 7) is 6.47. The number of hydrogen-bond acceptors (Lipinski definition) is 5. The van der Waals surface area contributed by atoms with E-state index in [1.807, 2.05) is 0 Å². The number of rotatable bonds is 6. The molecule has 0 aliphatic carbocycles. The molecule has 0 unspecified atom stereocenters. The van der Waals surface area contributed by atoms with Crippen LogP contribution in [0.25, 0.3) is 0 Å². The molecule has 0 aromatic heterocycles. The van der Waals surface area contributed by atoms with Crippen LogP contribution in [0, 0.1) is 10.1 Å². The summed E-state index contributed by atoms with van der Waals surface area (Å²) < 4.78 is 31.9. The number of ether oxygens (including phenoxy) is 1. The molecule has 1 aliphatic heterocycles. The Labute approximate surface area is 147 Å². The van der Waals surface area contributed by atoms with Crippen molar-refractivity contribution in [3.63, 3.8) is 0 Å². The summed E-state index contributed by atoms with van der Waals surface area (Å²) >= 11 is 5.83. The molecule has 1 aromatic carbocycles. The van der Waals surface area contributed by atoms with Crippen LogP contribution in [-0.2, 0) is 21.5 Å². The molecule has 1 heterocycles. The third kappa shape index (κ3) is 4.06. The lowest BCUT2D eigenvalue weighted by Gasteiger charge is -2.33. The topological polar surface area (TPSA) is 93.0 Å². The van der Waals surface area contributed by atoms with E-state index in [0.29, 0.717) is 16.0 Å². The lowest BCUT2D eigenvalue weighted by molar-refractivity contribution is -0.384. The number of hydrogen-bond donors (Lipinski definition) is 0. The van der Waals surface area contributed by atoms with E-state index in [0.717, 1.165) is 10.3 Å². The molecule has 11 heteroatoms. The van der Waals surface area contributed by atoms with Gasteiger partial charge in [0.05, 0.1) is 11.5 Å². The van der Waals surface area contributed by atoms with Crippen molar-refractivity contribution in [2.45, 2.75) is 32.2 Å². The average molecular weight is 394 g/mol. The zero-order valence-electron chi connectivity index (χ0n) is 13.7. The molecular formula is C13H20ClN3O5SSi. The second-order valence-electron chi connectivity index (χ2n) is 6.69. The molecule has 2 rings (SSSR count). The summed E-state index contributed by atoms with van der Waals surface area (Å²) in [5.41, 5.74) is 0.199. The number of nitrogens with zero attached hydrogens (tertiary/aromatic N) is 3. The molecule has 8 nitrogen and oxygen atoms in total. The average Bonchev–Trinajstić information content (AvgIpc) is 2.45. The molecule has 0 amide bonds. The minimum absolute atomic E-state index is 0.0207. The van der Waals surface area contributed by atoms with Crippen LogP contribution in [0.1, 0.15) is 5.56 Å². The van der Waals surface area contributed by atoms with E-state index in [1.165, 1.54) is 12.1 Å². The standard InChI is InChI=1S/C13H20ClN3O5SSi/c1-24(2,3)8-7-22-10-15-13-11(9-16(14)23(15,20)21)5-4-6-12(13)17(18)19/h4-6H,7-10H2,1-3H3. The molecular weight excluding hydrogens is 374 g/mol. The summed E-state index contributed by atoms with van der Waals surface area (Å²) in [5, 5.41) is 11.3. The Kier molecular flexibility index (Phi) is 5.55. The fraction of sp³-hybridized carbons (Fsp3) is 0.538. The molecule has 0 spiro atoms. The predicted octanol–water partition coefficient (Wildman–Crippen LogP) is 2.93. The van der Waals surface area contributed by atoms with Crippen LogP contribution in [0.15, 0.2) is 18.2 Å². The van der Waals surface area contributed by atoms with Gasteiger partial charge in [0.2, 0.25) is 0 Å². The SMILES string of the molecule is C[Si](C)(C)CCOCN1c2c(cccc2[N+](=O)[O-])CN(Cl)S1(=O)=O. The highest BCUT2D eigenvalue weighted by Crippen LogP contribution is 2.39. The summed E-state index contributed by atoms with van der Waals surface area (Å²) in [6.07, 6.45) is 0. The summed E-state index contributed by atoms with van der Waals surface area (Å²) in [5.74, 6) is 0. The summed E-state index contributed by atoms with van der Waals surface area (Å²) in [6, 6.07) is 5.24. The maximum atomic E-state index is 12.5. The highest BCUT2D eigenvalue weighted by Gasteiger charge is 2.40. The predicted molar refractivity (Wildman–Crippen MR) is 94.9 cm³/mol. The second kappa shape index (κ2) is 6.96. The summed E-state index contributed by atoms with van der Waals surface area (Å²) in [7, 11) is -5.40. The van der Waals surface area contributed by atoms with Crippen molar-refractivity contribution >= 4 is 41.4 Å². The Morgan fingerprint density at radius 1 is 1.38 bits per heavy atom. The molecule has 24 heavy (non-hydrogen) atoms. The van der Waals surface area contributed by atoms with Gasteiger partial charge in [-0.25, -0.2) is 4.31 Å². The number of halogens is 1. The first-order valence-corrected chi connectivity index (χ1v) is 12.8. The minimum atomic E-state index is -4.07. The first-order valence-electron chi connectivity index (χ1n) is 7.34. The Hall–Kier alpha value is -1.20. The second-order valence-corrected chi connectivity index (χ2v) is 14.7. The maximum Gasteiger partial charge on any atom is 0.320 e. The highest BCUT2D eigenvalue weighted by atomic mass is 35.5. The van der Waals surface area contributed by atoms with Crippen LogP contribution in [0.5, 0.6) is 0 Å². The Morgan fingerprint density at radius 3 is 2.62 bits per heavy atom. The van der Waals surface area contributed by atoms with E-state index in [4.69, 9.17) is 16.5 Å². The molecule has 0 atom stereocenters. The molecule has 134 valence electrons. The third-order valence-corrected chi connectivity index (χ3v) is 7.39. The van der Waals surface area contributed by atoms with Gasteiger partial charge in [0.25, 0.3) is 5.69 Å². The van der Waals surface area contributed by atoms with Crippen molar-refractivity contribution in [3.8, 4) is 0 Å². The van der Waals surface area contributed by atoms with Gasteiger partial charge in [0.15, 0.2) is 0 Å². The maximum absolute atomic E-state index is 12.5. The van der Waals surface area contributed by atoms with Gasteiger partial charge < -0.3 is 4.74 Å². The van der Waals surface area contributed by atoms with E-state index in [2.05, 4.69) is 19.6 Å². The highest BCUT2D eigenvalue weighted by molar-refractivity contribution is 7.91. The number of fused-ring (bicyclic) bond motifs is 1. The number of nitro groups is 1. The number of anilines is 1.